The Bertz CT molecular complexity index is 530. The summed E-state index contributed by atoms with van der Waals surface area (Å²) in [5, 5.41) is 9.34. The van der Waals surface area contributed by atoms with Crippen LogP contribution in [0.4, 0.5) is 0 Å². The quantitative estimate of drug-likeness (QED) is 0.848. The Morgan fingerprint density at radius 1 is 1.36 bits per heavy atom. The second-order valence-electron chi connectivity index (χ2n) is 2.88. The van der Waals surface area contributed by atoms with Gasteiger partial charge in [-0.05, 0) is 18.2 Å². The van der Waals surface area contributed by atoms with Crippen LogP contribution in [0.3, 0.4) is 0 Å². The van der Waals surface area contributed by atoms with Gasteiger partial charge < -0.3 is 9.52 Å². The standard InChI is InChI=1S/C10H7BrO3/c11-6-1-2-10-8(3-6)9(13)4-7(5-12)14-10/h1-4,12H,5H2. The maximum atomic E-state index is 11.5. The van der Waals surface area contributed by atoms with Crippen molar-refractivity contribution in [2.24, 2.45) is 0 Å². The second kappa shape index (κ2) is 3.55. The van der Waals surface area contributed by atoms with Crippen molar-refractivity contribution in [3.63, 3.8) is 0 Å². The lowest BCUT2D eigenvalue weighted by atomic mass is 10.2. The molecule has 0 spiro atoms. The summed E-state index contributed by atoms with van der Waals surface area (Å²) in [4.78, 5) is 11.5. The molecule has 1 N–H and O–H groups in total. The number of hydrogen-bond donors (Lipinski definition) is 1. The molecule has 72 valence electrons. The van der Waals surface area contributed by atoms with Crippen molar-refractivity contribution in [3.05, 3.63) is 44.7 Å². The van der Waals surface area contributed by atoms with E-state index in [-0.39, 0.29) is 17.8 Å². The maximum Gasteiger partial charge on any atom is 0.193 e. The highest BCUT2D eigenvalue weighted by atomic mass is 79.9. The SMILES string of the molecule is O=c1cc(CO)oc2ccc(Br)cc12. The molecule has 1 aromatic heterocycles. The van der Waals surface area contributed by atoms with Gasteiger partial charge in [0.05, 0.1) is 5.39 Å². The first kappa shape index (κ1) is 9.43. The highest BCUT2D eigenvalue weighted by Crippen LogP contribution is 2.17. The number of aliphatic hydroxyl groups is 1. The van der Waals surface area contributed by atoms with Crippen LogP contribution in [-0.2, 0) is 6.61 Å². The summed E-state index contributed by atoms with van der Waals surface area (Å²) in [6.07, 6.45) is 0. The van der Waals surface area contributed by atoms with Crippen molar-refractivity contribution < 1.29 is 9.52 Å². The van der Waals surface area contributed by atoms with E-state index in [2.05, 4.69) is 15.9 Å². The monoisotopic (exact) mass is 254 g/mol. The molecule has 0 aliphatic heterocycles. The van der Waals surface area contributed by atoms with Gasteiger partial charge in [-0.2, -0.15) is 0 Å². The van der Waals surface area contributed by atoms with Crippen molar-refractivity contribution in [2.75, 3.05) is 0 Å². The molecule has 0 aliphatic carbocycles. The average Bonchev–Trinajstić information content (AvgIpc) is 2.19. The van der Waals surface area contributed by atoms with E-state index in [9.17, 15) is 4.79 Å². The summed E-state index contributed by atoms with van der Waals surface area (Å²) in [5.41, 5.74) is 0.348. The minimum absolute atomic E-state index is 0.142. The lowest BCUT2D eigenvalue weighted by Crippen LogP contribution is -2.01. The van der Waals surface area contributed by atoms with E-state index < -0.39 is 0 Å². The minimum Gasteiger partial charge on any atom is -0.458 e. The largest absolute Gasteiger partial charge is 0.458 e. The highest BCUT2D eigenvalue weighted by Gasteiger charge is 2.03. The van der Waals surface area contributed by atoms with E-state index >= 15 is 0 Å². The zero-order chi connectivity index (χ0) is 10.1. The Morgan fingerprint density at radius 2 is 2.14 bits per heavy atom. The topological polar surface area (TPSA) is 50.4 Å². The van der Waals surface area contributed by atoms with E-state index in [4.69, 9.17) is 9.52 Å². The highest BCUT2D eigenvalue weighted by molar-refractivity contribution is 9.10. The van der Waals surface area contributed by atoms with Crippen LogP contribution in [0.25, 0.3) is 11.0 Å². The summed E-state index contributed by atoms with van der Waals surface area (Å²) in [6.45, 7) is -0.263. The van der Waals surface area contributed by atoms with Gasteiger partial charge in [0.25, 0.3) is 0 Å². The molecule has 0 unspecified atom stereocenters. The molecule has 4 heteroatoms. The number of hydrogen-bond acceptors (Lipinski definition) is 3. The Labute approximate surface area is 88.1 Å². The number of fused-ring (bicyclic) bond motifs is 1. The molecule has 0 radical (unpaired) electrons. The van der Waals surface area contributed by atoms with Crippen LogP contribution < -0.4 is 5.43 Å². The molecule has 0 saturated carbocycles. The van der Waals surface area contributed by atoms with Crippen LogP contribution in [0, 0.1) is 0 Å². The van der Waals surface area contributed by atoms with Gasteiger partial charge in [0.15, 0.2) is 5.43 Å². The van der Waals surface area contributed by atoms with E-state index in [0.29, 0.717) is 11.0 Å². The molecule has 0 aliphatic rings. The third-order valence-corrected chi connectivity index (χ3v) is 2.39. The van der Waals surface area contributed by atoms with Gasteiger partial charge in [0.2, 0.25) is 0 Å². The average molecular weight is 255 g/mol. The van der Waals surface area contributed by atoms with Crippen LogP contribution in [0.1, 0.15) is 5.76 Å². The van der Waals surface area contributed by atoms with Gasteiger partial charge in [-0.3, -0.25) is 4.79 Å². The van der Waals surface area contributed by atoms with Gasteiger partial charge >= 0.3 is 0 Å². The second-order valence-corrected chi connectivity index (χ2v) is 3.79. The fourth-order valence-corrected chi connectivity index (χ4v) is 1.62. The van der Waals surface area contributed by atoms with Crippen molar-refractivity contribution in [1.82, 2.24) is 0 Å². The molecule has 2 rings (SSSR count). The predicted octanol–water partition coefficient (Wildman–Crippen LogP) is 2.05. The predicted molar refractivity (Wildman–Crippen MR) is 56.1 cm³/mol. The molecule has 0 amide bonds. The van der Waals surface area contributed by atoms with Crippen molar-refractivity contribution in [2.45, 2.75) is 6.61 Å². The summed E-state index contributed by atoms with van der Waals surface area (Å²) in [7, 11) is 0. The summed E-state index contributed by atoms with van der Waals surface area (Å²) in [6, 6.07) is 6.48. The van der Waals surface area contributed by atoms with Gasteiger partial charge in [0, 0.05) is 10.5 Å². The molecule has 14 heavy (non-hydrogen) atoms. The third-order valence-electron chi connectivity index (χ3n) is 1.90. The first-order chi connectivity index (χ1) is 6.70. The van der Waals surface area contributed by atoms with Crippen LogP contribution in [-0.4, -0.2) is 5.11 Å². The van der Waals surface area contributed by atoms with E-state index in [1.165, 1.54) is 6.07 Å². The summed E-state index contributed by atoms with van der Waals surface area (Å²) < 4.78 is 6.10. The lowest BCUT2D eigenvalue weighted by molar-refractivity contribution is 0.249. The lowest BCUT2D eigenvalue weighted by Gasteiger charge is -1.99. The molecular weight excluding hydrogens is 248 g/mol. The molecule has 3 nitrogen and oxygen atoms in total. The van der Waals surface area contributed by atoms with E-state index in [1.807, 2.05) is 0 Å². The van der Waals surface area contributed by atoms with Crippen LogP contribution in [0.2, 0.25) is 0 Å². The van der Waals surface area contributed by atoms with Crippen LogP contribution in [0.15, 0.2) is 37.9 Å². The van der Waals surface area contributed by atoms with Gasteiger partial charge in [-0.15, -0.1) is 0 Å². The fourth-order valence-electron chi connectivity index (χ4n) is 1.26. The smallest absolute Gasteiger partial charge is 0.193 e. The summed E-state index contributed by atoms with van der Waals surface area (Å²) >= 11 is 3.27. The van der Waals surface area contributed by atoms with Crippen molar-refractivity contribution in [3.8, 4) is 0 Å². The number of rotatable bonds is 1. The Morgan fingerprint density at radius 3 is 2.86 bits per heavy atom. The minimum atomic E-state index is -0.263. The molecule has 0 atom stereocenters. The van der Waals surface area contributed by atoms with Gasteiger partial charge in [-0.25, -0.2) is 0 Å². The number of aliphatic hydroxyl groups excluding tert-OH is 1. The summed E-state index contributed by atoms with van der Waals surface area (Å²) in [5.74, 6) is 0.282. The Hall–Kier alpha value is -1.13. The van der Waals surface area contributed by atoms with Crippen molar-refractivity contribution >= 4 is 26.9 Å². The Kier molecular flexibility index (Phi) is 2.39. The maximum absolute atomic E-state index is 11.5. The molecule has 1 aromatic carbocycles. The molecule has 0 bridgehead atoms. The van der Waals surface area contributed by atoms with Crippen LogP contribution in [0.5, 0.6) is 0 Å². The van der Waals surface area contributed by atoms with E-state index in [1.54, 1.807) is 18.2 Å². The van der Waals surface area contributed by atoms with Crippen LogP contribution >= 0.6 is 15.9 Å². The van der Waals surface area contributed by atoms with Gasteiger partial charge in [0.1, 0.15) is 18.0 Å². The third kappa shape index (κ3) is 1.58. The van der Waals surface area contributed by atoms with Gasteiger partial charge in [-0.1, -0.05) is 15.9 Å². The molecular formula is C10H7BrO3. The normalized spacial score (nSPS) is 10.7. The molecule has 1 heterocycles. The molecule has 0 fully saturated rings. The molecule has 0 saturated heterocycles. The van der Waals surface area contributed by atoms with Crippen molar-refractivity contribution in [1.29, 1.82) is 0 Å². The zero-order valence-electron chi connectivity index (χ0n) is 7.16. The Balaban J connectivity index is 2.83. The zero-order valence-corrected chi connectivity index (χ0v) is 8.74. The first-order valence-corrected chi connectivity index (χ1v) is 4.83. The molecule has 2 aromatic rings. The van der Waals surface area contributed by atoms with E-state index in [0.717, 1.165) is 4.47 Å². The number of halogens is 1. The first-order valence-electron chi connectivity index (χ1n) is 4.04. The fraction of sp³-hybridized carbons (Fsp3) is 0.100. The number of benzene rings is 1.